The van der Waals surface area contributed by atoms with E-state index in [1.807, 2.05) is 19.1 Å². The molecular weight excluding hydrogens is 295 g/mol. The smallest absolute Gasteiger partial charge is 0.144 e. The second-order valence-corrected chi connectivity index (χ2v) is 5.14. The molecule has 2 rings (SSSR count). The van der Waals surface area contributed by atoms with Gasteiger partial charge >= 0.3 is 0 Å². The molecule has 0 aliphatic rings. The lowest BCUT2D eigenvalue weighted by Crippen LogP contribution is -2.00. The topological polar surface area (TPSA) is 47.3 Å². The van der Waals surface area contributed by atoms with Gasteiger partial charge in [0.1, 0.15) is 5.75 Å². The second-order valence-electron chi connectivity index (χ2n) is 4.32. The average molecular weight is 311 g/mol. The molecule has 3 nitrogen and oxygen atoms in total. The maximum Gasteiger partial charge on any atom is 0.144 e. The van der Waals surface area contributed by atoms with Crippen molar-refractivity contribution in [1.29, 1.82) is 0 Å². The molecule has 0 aliphatic carbocycles. The van der Waals surface area contributed by atoms with Gasteiger partial charge < -0.3 is 15.8 Å². The Labute approximate surface area is 128 Å². The number of rotatable bonds is 5. The number of nitrogen functional groups attached to an aromatic ring is 1. The quantitative estimate of drug-likeness (QED) is 0.754. The highest BCUT2D eigenvalue weighted by molar-refractivity contribution is 6.39. The third-order valence-corrected chi connectivity index (χ3v) is 3.34. The Balaban J connectivity index is 2.25. The molecule has 3 N–H and O–H groups in total. The van der Waals surface area contributed by atoms with Crippen molar-refractivity contribution in [2.24, 2.45) is 0 Å². The molecule has 0 heterocycles. The van der Waals surface area contributed by atoms with Crippen LogP contribution in [-0.2, 0) is 0 Å². The number of nitrogens with two attached hydrogens (primary N) is 1. The van der Waals surface area contributed by atoms with E-state index in [1.54, 1.807) is 24.3 Å². The molecule has 0 spiro atoms. The monoisotopic (exact) mass is 310 g/mol. The average Bonchev–Trinajstić information content (AvgIpc) is 2.43. The van der Waals surface area contributed by atoms with Crippen molar-refractivity contribution in [1.82, 2.24) is 0 Å². The standard InChI is InChI=1S/C15H16Cl2N2O/c1-2-8-20-14-9-10(6-7-13(14)18)19-15-11(16)4-3-5-12(15)17/h3-7,9,19H,2,8,18H2,1H3. The van der Waals surface area contributed by atoms with Gasteiger partial charge in [-0.25, -0.2) is 0 Å². The van der Waals surface area contributed by atoms with Gasteiger partial charge in [-0.1, -0.05) is 36.2 Å². The number of anilines is 3. The number of nitrogens with one attached hydrogen (secondary N) is 1. The predicted octanol–water partition coefficient (Wildman–Crippen LogP) is 5.11. The SMILES string of the molecule is CCCOc1cc(Nc2c(Cl)cccc2Cl)ccc1N. The molecule has 0 saturated heterocycles. The number of ether oxygens (including phenoxy) is 1. The molecule has 0 bridgehead atoms. The van der Waals surface area contributed by atoms with Gasteiger partial charge in [-0.3, -0.25) is 0 Å². The van der Waals surface area contributed by atoms with Crippen LogP contribution in [0.3, 0.4) is 0 Å². The summed E-state index contributed by atoms with van der Waals surface area (Å²) in [6.07, 6.45) is 0.924. The van der Waals surface area contributed by atoms with E-state index in [2.05, 4.69) is 5.32 Å². The predicted molar refractivity (Wildman–Crippen MR) is 86.4 cm³/mol. The van der Waals surface area contributed by atoms with E-state index in [1.165, 1.54) is 0 Å². The van der Waals surface area contributed by atoms with E-state index in [4.69, 9.17) is 33.7 Å². The maximum atomic E-state index is 6.13. The van der Waals surface area contributed by atoms with Crippen molar-refractivity contribution >= 4 is 40.3 Å². The molecule has 106 valence electrons. The van der Waals surface area contributed by atoms with Gasteiger partial charge in [-0.2, -0.15) is 0 Å². The molecule has 0 aromatic heterocycles. The molecule has 2 aromatic rings. The summed E-state index contributed by atoms with van der Waals surface area (Å²) in [5, 5.41) is 4.31. The molecule has 0 unspecified atom stereocenters. The van der Waals surface area contributed by atoms with Crippen molar-refractivity contribution in [2.75, 3.05) is 17.7 Å². The highest BCUT2D eigenvalue weighted by atomic mass is 35.5. The van der Waals surface area contributed by atoms with Crippen LogP contribution in [-0.4, -0.2) is 6.61 Å². The van der Waals surface area contributed by atoms with Gasteiger partial charge in [-0.05, 0) is 30.7 Å². The molecule has 0 radical (unpaired) electrons. The van der Waals surface area contributed by atoms with Crippen LogP contribution >= 0.6 is 23.2 Å². The van der Waals surface area contributed by atoms with E-state index < -0.39 is 0 Å². The van der Waals surface area contributed by atoms with Gasteiger partial charge in [-0.15, -0.1) is 0 Å². The summed E-state index contributed by atoms with van der Waals surface area (Å²) in [6.45, 7) is 2.67. The number of hydrogen-bond acceptors (Lipinski definition) is 3. The molecular formula is C15H16Cl2N2O. The van der Waals surface area contributed by atoms with Crippen LogP contribution in [0.1, 0.15) is 13.3 Å². The fraction of sp³-hybridized carbons (Fsp3) is 0.200. The highest BCUT2D eigenvalue weighted by Crippen LogP contribution is 2.34. The molecule has 2 aromatic carbocycles. The second kappa shape index (κ2) is 6.73. The summed E-state index contributed by atoms with van der Waals surface area (Å²) >= 11 is 12.3. The van der Waals surface area contributed by atoms with Crippen LogP contribution in [0.2, 0.25) is 10.0 Å². The van der Waals surface area contributed by atoms with Crippen molar-refractivity contribution in [3.63, 3.8) is 0 Å². The first-order valence-corrected chi connectivity index (χ1v) is 7.10. The normalized spacial score (nSPS) is 10.3. The minimum Gasteiger partial charge on any atom is -0.491 e. The molecule has 5 heteroatoms. The summed E-state index contributed by atoms with van der Waals surface area (Å²) in [7, 11) is 0. The lowest BCUT2D eigenvalue weighted by atomic mass is 10.2. The van der Waals surface area contributed by atoms with Crippen molar-refractivity contribution < 1.29 is 4.74 Å². The first kappa shape index (κ1) is 14.8. The lowest BCUT2D eigenvalue weighted by molar-refractivity contribution is 0.319. The Morgan fingerprint density at radius 2 is 1.85 bits per heavy atom. The molecule has 20 heavy (non-hydrogen) atoms. The van der Waals surface area contributed by atoms with Crippen molar-refractivity contribution in [3.8, 4) is 5.75 Å². The first-order valence-electron chi connectivity index (χ1n) is 6.35. The van der Waals surface area contributed by atoms with Crippen LogP contribution in [0.5, 0.6) is 5.75 Å². The summed E-state index contributed by atoms with van der Waals surface area (Å²) in [5.41, 5.74) is 7.97. The Kier molecular flexibility index (Phi) is 4.99. The van der Waals surface area contributed by atoms with E-state index >= 15 is 0 Å². The highest BCUT2D eigenvalue weighted by Gasteiger charge is 2.07. The van der Waals surface area contributed by atoms with Gasteiger partial charge in [0, 0.05) is 11.8 Å². The van der Waals surface area contributed by atoms with E-state index in [-0.39, 0.29) is 0 Å². The number of benzene rings is 2. The Morgan fingerprint density at radius 3 is 2.50 bits per heavy atom. The zero-order chi connectivity index (χ0) is 14.5. The Morgan fingerprint density at radius 1 is 1.15 bits per heavy atom. The van der Waals surface area contributed by atoms with E-state index in [0.29, 0.717) is 33.8 Å². The zero-order valence-electron chi connectivity index (χ0n) is 11.1. The fourth-order valence-corrected chi connectivity index (χ4v) is 2.20. The first-order chi connectivity index (χ1) is 9.61. The molecule has 0 saturated carbocycles. The minimum absolute atomic E-state index is 0.561. The molecule has 0 aliphatic heterocycles. The lowest BCUT2D eigenvalue weighted by Gasteiger charge is -2.13. The third kappa shape index (κ3) is 3.50. The third-order valence-electron chi connectivity index (χ3n) is 2.71. The maximum absolute atomic E-state index is 6.13. The summed E-state index contributed by atoms with van der Waals surface area (Å²) in [6, 6.07) is 10.8. The largest absolute Gasteiger partial charge is 0.491 e. The summed E-state index contributed by atoms with van der Waals surface area (Å²) in [5.74, 6) is 0.653. The van der Waals surface area contributed by atoms with Crippen molar-refractivity contribution in [2.45, 2.75) is 13.3 Å². The number of para-hydroxylation sites is 1. The van der Waals surface area contributed by atoms with E-state index in [9.17, 15) is 0 Å². The van der Waals surface area contributed by atoms with Crippen molar-refractivity contribution in [3.05, 3.63) is 46.4 Å². The van der Waals surface area contributed by atoms with Crippen LogP contribution < -0.4 is 15.8 Å². The Bertz CT molecular complexity index is 582. The van der Waals surface area contributed by atoms with Crippen LogP contribution in [0.25, 0.3) is 0 Å². The Hall–Kier alpha value is -1.58. The van der Waals surface area contributed by atoms with Crippen LogP contribution in [0.4, 0.5) is 17.1 Å². The minimum atomic E-state index is 0.561. The van der Waals surface area contributed by atoms with Gasteiger partial charge in [0.2, 0.25) is 0 Å². The van der Waals surface area contributed by atoms with Gasteiger partial charge in [0.25, 0.3) is 0 Å². The van der Waals surface area contributed by atoms with Crippen LogP contribution in [0, 0.1) is 0 Å². The fourth-order valence-electron chi connectivity index (χ4n) is 1.71. The molecule has 0 atom stereocenters. The molecule has 0 amide bonds. The van der Waals surface area contributed by atoms with Gasteiger partial charge in [0.15, 0.2) is 0 Å². The summed E-state index contributed by atoms with van der Waals surface area (Å²) in [4.78, 5) is 0. The molecule has 0 fully saturated rings. The van der Waals surface area contributed by atoms with E-state index in [0.717, 1.165) is 12.1 Å². The van der Waals surface area contributed by atoms with Gasteiger partial charge in [0.05, 0.1) is 28.0 Å². The summed E-state index contributed by atoms with van der Waals surface area (Å²) < 4.78 is 5.59. The zero-order valence-corrected chi connectivity index (χ0v) is 12.6. The van der Waals surface area contributed by atoms with Crippen LogP contribution in [0.15, 0.2) is 36.4 Å². The number of halogens is 2. The number of hydrogen-bond donors (Lipinski definition) is 2.